The van der Waals surface area contributed by atoms with E-state index >= 15 is 0 Å². The highest BCUT2D eigenvalue weighted by molar-refractivity contribution is 6.30. The average molecular weight is 415 g/mol. The summed E-state index contributed by atoms with van der Waals surface area (Å²) in [4.78, 5) is 11.8. The number of rotatable bonds is 13. The molecule has 0 saturated heterocycles. The Kier molecular flexibility index (Phi) is 10.9. The number of carbonyl (C=O) groups is 1. The molecule has 2 aromatic rings. The van der Waals surface area contributed by atoms with Gasteiger partial charge in [-0.2, -0.15) is 5.10 Å². The van der Waals surface area contributed by atoms with Gasteiger partial charge in [0.2, 0.25) is 5.91 Å². The molecule has 0 fully saturated rings. The van der Waals surface area contributed by atoms with E-state index in [0.717, 1.165) is 29.7 Å². The topological polar surface area (TPSA) is 50.7 Å². The fourth-order valence-corrected chi connectivity index (χ4v) is 3.00. The third-order valence-electron chi connectivity index (χ3n) is 4.61. The van der Waals surface area contributed by atoms with Gasteiger partial charge in [-0.3, -0.25) is 4.79 Å². The van der Waals surface area contributed by atoms with Crippen LogP contribution >= 0.6 is 11.6 Å². The molecule has 0 bridgehead atoms. The molecular formula is C24H31ClN2O2. The number of nitrogens with one attached hydrogen (secondary N) is 1. The van der Waals surface area contributed by atoms with Crippen LogP contribution in [0.15, 0.2) is 53.6 Å². The maximum atomic E-state index is 11.8. The molecule has 2 rings (SSSR count). The molecule has 4 nitrogen and oxygen atoms in total. The van der Waals surface area contributed by atoms with Crippen molar-refractivity contribution >= 4 is 23.7 Å². The SMILES string of the molecule is CCCCCCCCCC(=O)N/N=C/c1ccc(OCc2ccc(Cl)cc2)cc1. The van der Waals surface area contributed by atoms with Crippen molar-refractivity contribution < 1.29 is 9.53 Å². The van der Waals surface area contributed by atoms with Gasteiger partial charge in [-0.25, -0.2) is 5.43 Å². The second-order valence-corrected chi connectivity index (χ2v) is 7.59. The summed E-state index contributed by atoms with van der Waals surface area (Å²) in [7, 11) is 0. The molecular weight excluding hydrogens is 384 g/mol. The van der Waals surface area contributed by atoms with Crippen LogP contribution in [-0.2, 0) is 11.4 Å². The fraction of sp³-hybridized carbons (Fsp3) is 0.417. The minimum absolute atomic E-state index is 0.0299. The zero-order chi connectivity index (χ0) is 20.7. The first-order chi connectivity index (χ1) is 14.2. The Balaban J connectivity index is 1.62. The van der Waals surface area contributed by atoms with Crippen LogP contribution in [0, 0.1) is 0 Å². The number of halogens is 1. The lowest BCUT2D eigenvalue weighted by molar-refractivity contribution is -0.121. The highest BCUT2D eigenvalue weighted by atomic mass is 35.5. The normalized spacial score (nSPS) is 11.0. The zero-order valence-electron chi connectivity index (χ0n) is 17.2. The van der Waals surface area contributed by atoms with E-state index in [1.165, 1.54) is 32.1 Å². The van der Waals surface area contributed by atoms with E-state index in [4.69, 9.17) is 16.3 Å². The molecule has 0 radical (unpaired) electrons. The van der Waals surface area contributed by atoms with Crippen LogP contribution in [0.25, 0.3) is 0 Å². The second kappa shape index (κ2) is 13.8. The molecule has 0 aliphatic carbocycles. The maximum absolute atomic E-state index is 11.8. The van der Waals surface area contributed by atoms with Crippen molar-refractivity contribution in [3.8, 4) is 5.75 Å². The van der Waals surface area contributed by atoms with E-state index in [-0.39, 0.29) is 5.91 Å². The number of amides is 1. The molecule has 0 atom stereocenters. The van der Waals surface area contributed by atoms with Crippen molar-refractivity contribution in [1.29, 1.82) is 0 Å². The van der Waals surface area contributed by atoms with Gasteiger partial charge in [0.15, 0.2) is 0 Å². The lowest BCUT2D eigenvalue weighted by Crippen LogP contribution is -2.16. The van der Waals surface area contributed by atoms with Crippen molar-refractivity contribution in [3.05, 3.63) is 64.7 Å². The molecule has 0 unspecified atom stereocenters. The summed E-state index contributed by atoms with van der Waals surface area (Å²) in [6.45, 7) is 2.70. The number of benzene rings is 2. The highest BCUT2D eigenvalue weighted by Crippen LogP contribution is 2.15. The van der Waals surface area contributed by atoms with Crippen LogP contribution in [0.5, 0.6) is 5.75 Å². The van der Waals surface area contributed by atoms with Gasteiger partial charge in [-0.15, -0.1) is 0 Å². The fourth-order valence-electron chi connectivity index (χ4n) is 2.87. The number of ether oxygens (including phenoxy) is 1. The summed E-state index contributed by atoms with van der Waals surface area (Å²) in [6.07, 6.45) is 10.6. The predicted molar refractivity (Wildman–Crippen MR) is 121 cm³/mol. The van der Waals surface area contributed by atoms with Gasteiger partial charge in [0, 0.05) is 11.4 Å². The van der Waals surface area contributed by atoms with Gasteiger partial charge in [-0.05, 0) is 53.9 Å². The quantitative estimate of drug-likeness (QED) is 0.231. The van der Waals surface area contributed by atoms with Gasteiger partial charge in [0.1, 0.15) is 12.4 Å². The smallest absolute Gasteiger partial charge is 0.240 e. The van der Waals surface area contributed by atoms with Gasteiger partial charge in [0.25, 0.3) is 0 Å². The number of hydrogen-bond acceptors (Lipinski definition) is 3. The lowest BCUT2D eigenvalue weighted by Gasteiger charge is -2.06. The largest absolute Gasteiger partial charge is 0.489 e. The van der Waals surface area contributed by atoms with E-state index < -0.39 is 0 Å². The van der Waals surface area contributed by atoms with E-state index in [9.17, 15) is 4.79 Å². The molecule has 29 heavy (non-hydrogen) atoms. The van der Waals surface area contributed by atoms with Crippen molar-refractivity contribution in [2.24, 2.45) is 5.10 Å². The van der Waals surface area contributed by atoms with Crippen LogP contribution < -0.4 is 10.2 Å². The standard InChI is InChI=1S/C24H31ClN2O2/c1-2-3-4-5-6-7-8-9-24(28)27-26-18-20-12-16-23(17-13-20)29-19-21-10-14-22(25)15-11-21/h10-18H,2-9,19H2,1H3,(H,27,28)/b26-18+. The molecule has 0 spiro atoms. The van der Waals surface area contributed by atoms with Crippen molar-refractivity contribution in [2.45, 2.75) is 64.9 Å². The summed E-state index contributed by atoms with van der Waals surface area (Å²) in [5, 5.41) is 4.75. The summed E-state index contributed by atoms with van der Waals surface area (Å²) in [5.41, 5.74) is 4.56. The van der Waals surface area contributed by atoms with Gasteiger partial charge in [0.05, 0.1) is 6.21 Å². The zero-order valence-corrected chi connectivity index (χ0v) is 18.0. The highest BCUT2D eigenvalue weighted by Gasteiger charge is 2.00. The van der Waals surface area contributed by atoms with Gasteiger partial charge in [-0.1, -0.05) is 69.2 Å². The van der Waals surface area contributed by atoms with Crippen LogP contribution in [-0.4, -0.2) is 12.1 Å². The summed E-state index contributed by atoms with van der Waals surface area (Å²) in [6, 6.07) is 15.2. The van der Waals surface area contributed by atoms with Crippen LogP contribution in [0.2, 0.25) is 5.02 Å². The minimum Gasteiger partial charge on any atom is -0.489 e. The van der Waals surface area contributed by atoms with Crippen molar-refractivity contribution in [1.82, 2.24) is 5.43 Å². The Morgan fingerprint density at radius 3 is 2.31 bits per heavy atom. The molecule has 5 heteroatoms. The molecule has 0 saturated carbocycles. The van der Waals surface area contributed by atoms with Crippen LogP contribution in [0.1, 0.15) is 69.4 Å². The Morgan fingerprint density at radius 1 is 0.966 bits per heavy atom. The predicted octanol–water partition coefficient (Wildman–Crippen LogP) is 6.51. The number of hydrogen-bond donors (Lipinski definition) is 1. The first kappa shape index (κ1) is 23.0. The first-order valence-corrected chi connectivity index (χ1v) is 10.8. The van der Waals surface area contributed by atoms with Crippen LogP contribution in [0.4, 0.5) is 0 Å². The third kappa shape index (κ3) is 10.1. The Hall–Kier alpha value is -2.33. The molecule has 1 amide bonds. The average Bonchev–Trinajstić information content (AvgIpc) is 2.73. The maximum Gasteiger partial charge on any atom is 0.240 e. The first-order valence-electron chi connectivity index (χ1n) is 10.5. The number of nitrogens with zero attached hydrogens (tertiary/aromatic N) is 1. The number of carbonyl (C=O) groups excluding carboxylic acids is 1. The molecule has 0 aliphatic heterocycles. The molecule has 0 aromatic heterocycles. The number of unbranched alkanes of at least 4 members (excludes halogenated alkanes) is 6. The molecule has 1 N–H and O–H groups in total. The number of hydrazone groups is 1. The summed E-state index contributed by atoms with van der Waals surface area (Å²) < 4.78 is 5.76. The Morgan fingerprint density at radius 2 is 1.62 bits per heavy atom. The van der Waals surface area contributed by atoms with E-state index in [2.05, 4.69) is 17.5 Å². The minimum atomic E-state index is -0.0299. The molecule has 0 aliphatic rings. The second-order valence-electron chi connectivity index (χ2n) is 7.15. The molecule has 156 valence electrons. The van der Waals surface area contributed by atoms with Crippen molar-refractivity contribution in [3.63, 3.8) is 0 Å². The Bertz CT molecular complexity index is 742. The van der Waals surface area contributed by atoms with Crippen LogP contribution in [0.3, 0.4) is 0 Å². The Labute approximate surface area is 179 Å². The lowest BCUT2D eigenvalue weighted by atomic mass is 10.1. The summed E-state index contributed by atoms with van der Waals surface area (Å²) >= 11 is 5.88. The third-order valence-corrected chi connectivity index (χ3v) is 4.86. The van der Waals surface area contributed by atoms with Crippen molar-refractivity contribution in [2.75, 3.05) is 0 Å². The van der Waals surface area contributed by atoms with E-state index in [0.29, 0.717) is 18.1 Å². The van der Waals surface area contributed by atoms with E-state index in [1.54, 1.807) is 6.21 Å². The molecule has 2 aromatic carbocycles. The van der Waals surface area contributed by atoms with E-state index in [1.807, 2.05) is 48.5 Å². The summed E-state index contributed by atoms with van der Waals surface area (Å²) in [5.74, 6) is 0.748. The molecule has 0 heterocycles. The van der Waals surface area contributed by atoms with Gasteiger partial charge >= 0.3 is 0 Å². The monoisotopic (exact) mass is 414 g/mol. The van der Waals surface area contributed by atoms with Gasteiger partial charge < -0.3 is 4.74 Å².